The number of benzene rings is 3. The van der Waals surface area contributed by atoms with E-state index in [2.05, 4.69) is 4.90 Å². The molecule has 7 heteroatoms. The van der Waals surface area contributed by atoms with E-state index >= 15 is 0 Å². The summed E-state index contributed by atoms with van der Waals surface area (Å²) in [5.74, 6) is 1.97. The Morgan fingerprint density at radius 2 is 1.89 bits per heavy atom. The molecule has 0 saturated carbocycles. The summed E-state index contributed by atoms with van der Waals surface area (Å²) in [5.41, 5.74) is 1.52. The molecule has 36 heavy (non-hydrogen) atoms. The number of hydrogen-bond donors (Lipinski definition) is 1. The first-order chi connectivity index (χ1) is 17.5. The molecule has 0 aliphatic carbocycles. The Labute approximate surface area is 213 Å². The average Bonchev–Trinajstić information content (AvgIpc) is 3.49. The summed E-state index contributed by atoms with van der Waals surface area (Å²) in [6.45, 7) is 4.68. The molecule has 1 saturated heterocycles. The van der Waals surface area contributed by atoms with E-state index < -0.39 is 0 Å². The molecule has 1 fully saturated rings. The van der Waals surface area contributed by atoms with Gasteiger partial charge in [-0.1, -0.05) is 24.3 Å². The molecule has 3 aromatic carbocycles. The molecule has 0 unspecified atom stereocenters. The molecule has 1 aliphatic heterocycles. The second-order valence-electron chi connectivity index (χ2n) is 9.12. The van der Waals surface area contributed by atoms with E-state index in [4.69, 9.17) is 9.47 Å². The third-order valence-electron chi connectivity index (χ3n) is 6.53. The van der Waals surface area contributed by atoms with Crippen LogP contribution >= 0.6 is 11.3 Å². The van der Waals surface area contributed by atoms with Gasteiger partial charge in [0, 0.05) is 34.7 Å². The average molecular weight is 506 g/mol. The minimum Gasteiger partial charge on any atom is -0.508 e. The summed E-state index contributed by atoms with van der Waals surface area (Å²) in [7, 11) is 0. The molecule has 1 aliphatic rings. The van der Waals surface area contributed by atoms with Gasteiger partial charge in [-0.3, -0.25) is 14.1 Å². The van der Waals surface area contributed by atoms with Crippen molar-refractivity contribution in [3.8, 4) is 23.0 Å². The number of halogens is 1. The number of phenols is 1. The van der Waals surface area contributed by atoms with Gasteiger partial charge in [-0.15, -0.1) is 11.3 Å². The lowest BCUT2D eigenvalue weighted by Gasteiger charge is -2.16. The van der Waals surface area contributed by atoms with Crippen LogP contribution in [0.25, 0.3) is 10.1 Å². The van der Waals surface area contributed by atoms with Gasteiger partial charge >= 0.3 is 0 Å². The van der Waals surface area contributed by atoms with Crippen molar-refractivity contribution in [2.75, 3.05) is 32.9 Å². The minimum atomic E-state index is -0.252. The normalized spacial score (nSPS) is 15.9. The highest BCUT2D eigenvalue weighted by Crippen LogP contribution is 2.43. The first-order valence-electron chi connectivity index (χ1n) is 12.1. The first-order valence-corrected chi connectivity index (χ1v) is 12.9. The van der Waals surface area contributed by atoms with Crippen molar-refractivity contribution in [2.45, 2.75) is 13.3 Å². The fourth-order valence-electron chi connectivity index (χ4n) is 4.52. The molecular formula is C29H28FNO4S. The van der Waals surface area contributed by atoms with Gasteiger partial charge in [0.1, 0.15) is 28.7 Å². The van der Waals surface area contributed by atoms with Crippen LogP contribution in [0, 0.1) is 12.8 Å². The molecule has 4 aromatic rings. The Bertz CT molecular complexity index is 1370. The molecule has 1 N–H and O–H groups in total. The Kier molecular flexibility index (Phi) is 7.20. The molecule has 5 rings (SSSR count). The maximum absolute atomic E-state index is 13.5. The van der Waals surface area contributed by atoms with Crippen LogP contribution in [-0.2, 0) is 0 Å². The molecule has 0 radical (unpaired) electrons. The molecule has 0 amide bonds. The Balaban J connectivity index is 1.33. The molecule has 0 bridgehead atoms. The van der Waals surface area contributed by atoms with Crippen LogP contribution in [0.5, 0.6) is 23.0 Å². The quantitative estimate of drug-likeness (QED) is 0.260. The number of fused-ring (bicyclic) bond motifs is 1. The third-order valence-corrected chi connectivity index (χ3v) is 7.66. The summed E-state index contributed by atoms with van der Waals surface area (Å²) in [6, 6.07) is 19.8. The van der Waals surface area contributed by atoms with Crippen LogP contribution < -0.4 is 9.47 Å². The highest BCUT2D eigenvalue weighted by atomic mass is 32.1. The van der Waals surface area contributed by atoms with Crippen molar-refractivity contribution in [3.05, 3.63) is 82.7 Å². The van der Waals surface area contributed by atoms with E-state index in [1.165, 1.54) is 11.3 Å². The van der Waals surface area contributed by atoms with Crippen molar-refractivity contribution < 1.29 is 23.8 Å². The molecule has 0 spiro atoms. The standard InChI is InChI=1S/C29H28FNO4S/c1-19-4-2-3-5-24(19)27(33)29-28(25-11-6-21(32)16-26(25)36-29)35-23-9-7-22(8-10-23)34-15-14-31-13-12-20(17-30)18-31/h2-11,16,20,32H,12-15,17-18H2,1H3/t20-/m0/s1. The highest BCUT2D eigenvalue weighted by Gasteiger charge is 2.24. The molecule has 1 atom stereocenters. The zero-order valence-electron chi connectivity index (χ0n) is 20.1. The lowest BCUT2D eigenvalue weighted by Crippen LogP contribution is -2.26. The van der Waals surface area contributed by atoms with Crippen molar-refractivity contribution in [1.82, 2.24) is 4.90 Å². The Morgan fingerprint density at radius 1 is 1.11 bits per heavy atom. The number of carbonyl (C=O) groups excluding carboxylic acids is 1. The monoisotopic (exact) mass is 505 g/mol. The van der Waals surface area contributed by atoms with E-state index in [9.17, 15) is 14.3 Å². The van der Waals surface area contributed by atoms with Crippen molar-refractivity contribution >= 4 is 27.2 Å². The SMILES string of the molecule is Cc1ccccc1C(=O)c1sc2cc(O)ccc2c1Oc1ccc(OCCN2CC[C@@H](CF)C2)cc1. The Hall–Kier alpha value is -3.42. The van der Waals surface area contributed by atoms with E-state index in [1.807, 2.05) is 55.5 Å². The number of aryl methyl sites for hydroxylation is 1. The summed E-state index contributed by atoms with van der Waals surface area (Å²) in [6.07, 6.45) is 0.910. The zero-order valence-corrected chi connectivity index (χ0v) is 20.9. The second kappa shape index (κ2) is 10.7. The first kappa shape index (κ1) is 24.3. The minimum absolute atomic E-state index is 0.111. The number of carbonyl (C=O) groups is 1. The van der Waals surface area contributed by atoms with E-state index in [-0.39, 0.29) is 24.1 Å². The van der Waals surface area contributed by atoms with Crippen molar-refractivity contribution in [1.29, 1.82) is 0 Å². The van der Waals surface area contributed by atoms with Gasteiger partial charge in [0.2, 0.25) is 5.78 Å². The van der Waals surface area contributed by atoms with Gasteiger partial charge in [0.25, 0.3) is 0 Å². The van der Waals surface area contributed by atoms with Crippen molar-refractivity contribution in [2.24, 2.45) is 5.92 Å². The smallest absolute Gasteiger partial charge is 0.207 e. The number of nitrogens with zero attached hydrogens (tertiary/aromatic N) is 1. The predicted molar refractivity (Wildman–Crippen MR) is 141 cm³/mol. The number of aromatic hydroxyl groups is 1. The van der Waals surface area contributed by atoms with Gasteiger partial charge < -0.3 is 14.6 Å². The van der Waals surface area contributed by atoms with Gasteiger partial charge in [-0.25, -0.2) is 0 Å². The predicted octanol–water partition coefficient (Wildman–Crippen LogP) is 6.61. The molecule has 5 nitrogen and oxygen atoms in total. The van der Waals surface area contributed by atoms with Gasteiger partial charge in [-0.2, -0.15) is 0 Å². The fourth-order valence-corrected chi connectivity index (χ4v) is 5.64. The topological polar surface area (TPSA) is 59.0 Å². The summed E-state index contributed by atoms with van der Waals surface area (Å²) in [4.78, 5) is 16.2. The van der Waals surface area contributed by atoms with Gasteiger partial charge in [0.05, 0.1) is 6.67 Å². The molecule has 1 aromatic heterocycles. The van der Waals surface area contributed by atoms with Crippen LogP contribution in [-0.4, -0.2) is 48.7 Å². The number of thiophene rings is 1. The number of likely N-dealkylation sites (tertiary alicyclic amines) is 1. The van der Waals surface area contributed by atoms with E-state index in [1.54, 1.807) is 18.2 Å². The number of ketones is 1. The largest absolute Gasteiger partial charge is 0.508 e. The Morgan fingerprint density at radius 3 is 2.64 bits per heavy atom. The summed E-state index contributed by atoms with van der Waals surface area (Å²) in [5, 5.41) is 10.7. The fraction of sp³-hybridized carbons (Fsp3) is 0.276. The third kappa shape index (κ3) is 5.22. The van der Waals surface area contributed by atoms with Crippen LogP contribution in [0.2, 0.25) is 0 Å². The van der Waals surface area contributed by atoms with Gasteiger partial charge in [-0.05, 0) is 67.9 Å². The number of alkyl halides is 1. The van der Waals surface area contributed by atoms with Crippen LogP contribution in [0.3, 0.4) is 0 Å². The van der Waals surface area contributed by atoms with Crippen LogP contribution in [0.15, 0.2) is 66.7 Å². The van der Waals surface area contributed by atoms with Crippen LogP contribution in [0.1, 0.15) is 27.2 Å². The summed E-state index contributed by atoms with van der Waals surface area (Å²) < 4.78 is 25.7. The molecular weight excluding hydrogens is 477 g/mol. The lowest BCUT2D eigenvalue weighted by atomic mass is 10.0. The molecule has 2 heterocycles. The van der Waals surface area contributed by atoms with E-state index in [0.29, 0.717) is 28.5 Å². The number of rotatable bonds is 9. The maximum atomic E-state index is 13.5. The number of phenolic OH excluding ortho intramolecular Hbond substituents is 1. The number of ether oxygens (including phenoxy) is 2. The highest BCUT2D eigenvalue weighted by molar-refractivity contribution is 7.21. The summed E-state index contributed by atoms with van der Waals surface area (Å²) >= 11 is 1.31. The lowest BCUT2D eigenvalue weighted by molar-refractivity contribution is 0.104. The van der Waals surface area contributed by atoms with Crippen molar-refractivity contribution in [3.63, 3.8) is 0 Å². The van der Waals surface area contributed by atoms with E-state index in [0.717, 1.165) is 47.5 Å². The number of hydrogen-bond acceptors (Lipinski definition) is 6. The molecule has 186 valence electrons. The second-order valence-corrected chi connectivity index (χ2v) is 10.2. The zero-order chi connectivity index (χ0) is 25.1. The van der Waals surface area contributed by atoms with Crippen LogP contribution in [0.4, 0.5) is 4.39 Å². The maximum Gasteiger partial charge on any atom is 0.207 e. The van der Waals surface area contributed by atoms with Gasteiger partial charge in [0.15, 0.2) is 5.75 Å².